The Bertz CT molecular complexity index is 971. The zero-order valence-electron chi connectivity index (χ0n) is 28.7. The SMILES string of the molecule is CCCCCC[N+](CCCCCC)(CCCCCC)CCCCCC.O=C(O)c1ccc(S(=O)c2ccc(C(=O)O)cc2)cc1. The van der Waals surface area contributed by atoms with Crippen molar-refractivity contribution in [1.29, 1.82) is 0 Å². The first-order chi connectivity index (χ1) is 21.7. The number of nitrogens with zero attached hydrogens (tertiary/aromatic N) is 1. The quantitative estimate of drug-likeness (QED) is 0.0876. The molecule has 2 aromatic carbocycles. The minimum Gasteiger partial charge on any atom is -0.478 e. The van der Waals surface area contributed by atoms with E-state index in [2.05, 4.69) is 27.7 Å². The Labute approximate surface area is 276 Å². The van der Waals surface area contributed by atoms with E-state index in [1.165, 1.54) is 182 Å². The average molecular weight is 645 g/mol. The highest BCUT2D eigenvalue weighted by Gasteiger charge is 2.25. The van der Waals surface area contributed by atoms with Gasteiger partial charge in [0.15, 0.2) is 0 Å². The maximum atomic E-state index is 12.2. The molecule has 7 heteroatoms. The molecule has 0 heterocycles. The Hall–Kier alpha value is -2.51. The van der Waals surface area contributed by atoms with Crippen molar-refractivity contribution >= 4 is 22.7 Å². The summed E-state index contributed by atoms with van der Waals surface area (Å²) >= 11 is 0. The van der Waals surface area contributed by atoms with Gasteiger partial charge in [0.2, 0.25) is 0 Å². The molecule has 0 unspecified atom stereocenters. The number of quaternary nitrogens is 1. The third-order valence-corrected chi connectivity index (χ3v) is 9.98. The molecule has 2 N–H and O–H groups in total. The van der Waals surface area contributed by atoms with Crippen molar-refractivity contribution in [3.05, 3.63) is 59.7 Å². The molecule has 0 aromatic heterocycles. The Kier molecular flexibility index (Phi) is 22.2. The Morgan fingerprint density at radius 2 is 0.756 bits per heavy atom. The van der Waals surface area contributed by atoms with Crippen LogP contribution in [0.5, 0.6) is 0 Å². The van der Waals surface area contributed by atoms with Crippen molar-refractivity contribution < 1.29 is 28.5 Å². The largest absolute Gasteiger partial charge is 0.478 e. The highest BCUT2D eigenvalue weighted by molar-refractivity contribution is 7.85. The van der Waals surface area contributed by atoms with Crippen LogP contribution < -0.4 is 0 Å². The van der Waals surface area contributed by atoms with Crippen molar-refractivity contribution in [2.75, 3.05) is 26.2 Å². The number of benzene rings is 2. The van der Waals surface area contributed by atoms with E-state index in [0.29, 0.717) is 9.79 Å². The van der Waals surface area contributed by atoms with Gasteiger partial charge in [-0.05, 0) is 99.9 Å². The molecule has 0 amide bonds. The van der Waals surface area contributed by atoms with Crippen LogP contribution >= 0.6 is 0 Å². The van der Waals surface area contributed by atoms with Gasteiger partial charge in [0.05, 0.1) is 48.1 Å². The van der Waals surface area contributed by atoms with Crippen LogP contribution in [0, 0.1) is 0 Å². The smallest absolute Gasteiger partial charge is 0.335 e. The number of carboxylic acid groups (broad SMARTS) is 2. The van der Waals surface area contributed by atoms with Gasteiger partial charge in [-0.3, -0.25) is 0 Å². The molecule has 0 radical (unpaired) electrons. The number of hydrogen-bond acceptors (Lipinski definition) is 3. The number of unbranched alkanes of at least 4 members (excludes halogenated alkanes) is 12. The zero-order valence-corrected chi connectivity index (χ0v) is 29.6. The van der Waals surface area contributed by atoms with Crippen LogP contribution in [0.15, 0.2) is 58.3 Å². The summed E-state index contributed by atoms with van der Waals surface area (Å²) in [5.41, 5.74) is 0.235. The molecule has 2 rings (SSSR count). The van der Waals surface area contributed by atoms with Crippen molar-refractivity contribution in [2.45, 2.75) is 140 Å². The van der Waals surface area contributed by atoms with Crippen LogP contribution in [0.25, 0.3) is 0 Å². The third-order valence-electron chi connectivity index (χ3n) is 8.57. The van der Waals surface area contributed by atoms with Gasteiger partial charge in [0.25, 0.3) is 0 Å². The molecule has 2 aromatic rings. The fourth-order valence-electron chi connectivity index (χ4n) is 5.75. The maximum Gasteiger partial charge on any atom is 0.335 e. The summed E-state index contributed by atoms with van der Waals surface area (Å²) in [7, 11) is -1.48. The van der Waals surface area contributed by atoms with Crippen molar-refractivity contribution in [3.63, 3.8) is 0 Å². The number of aromatic carboxylic acids is 2. The molecule has 0 saturated heterocycles. The molecule has 0 bridgehead atoms. The normalized spacial score (nSPS) is 11.3. The molecule has 0 spiro atoms. The molecule has 0 saturated carbocycles. The summed E-state index contributed by atoms with van der Waals surface area (Å²) in [5, 5.41) is 17.6. The van der Waals surface area contributed by atoms with Crippen LogP contribution in [0.1, 0.15) is 151 Å². The first-order valence-electron chi connectivity index (χ1n) is 17.7. The summed E-state index contributed by atoms with van der Waals surface area (Å²) in [6, 6.07) is 11.4. The van der Waals surface area contributed by atoms with Gasteiger partial charge in [-0.2, -0.15) is 0 Å². The highest BCUT2D eigenvalue weighted by Crippen LogP contribution is 2.20. The molecular weight excluding hydrogens is 582 g/mol. The van der Waals surface area contributed by atoms with E-state index < -0.39 is 22.7 Å². The first-order valence-corrected chi connectivity index (χ1v) is 18.8. The topological polar surface area (TPSA) is 91.7 Å². The first kappa shape index (κ1) is 40.5. The molecule has 0 aliphatic heterocycles. The van der Waals surface area contributed by atoms with E-state index >= 15 is 0 Å². The fraction of sp³-hybridized carbons (Fsp3) is 0.632. The molecule has 0 atom stereocenters. The minimum atomic E-state index is -1.48. The summed E-state index contributed by atoms with van der Waals surface area (Å²) in [4.78, 5) is 22.4. The molecule has 45 heavy (non-hydrogen) atoms. The summed E-state index contributed by atoms with van der Waals surface area (Å²) in [5.74, 6) is -2.10. The van der Waals surface area contributed by atoms with Gasteiger partial charge in [0.1, 0.15) is 0 Å². The Morgan fingerprint density at radius 1 is 0.489 bits per heavy atom. The van der Waals surface area contributed by atoms with E-state index in [0.717, 1.165) is 0 Å². The third kappa shape index (κ3) is 17.1. The van der Waals surface area contributed by atoms with Crippen molar-refractivity contribution in [3.8, 4) is 0 Å². The van der Waals surface area contributed by atoms with Crippen LogP contribution in [-0.4, -0.2) is 57.0 Å². The molecule has 254 valence electrons. The summed E-state index contributed by atoms with van der Waals surface area (Å²) < 4.78 is 13.7. The van der Waals surface area contributed by atoms with E-state index in [-0.39, 0.29) is 11.1 Å². The highest BCUT2D eigenvalue weighted by atomic mass is 32.2. The van der Waals surface area contributed by atoms with Crippen LogP contribution in [-0.2, 0) is 10.8 Å². The fourth-order valence-corrected chi connectivity index (χ4v) is 6.78. The van der Waals surface area contributed by atoms with Crippen LogP contribution in [0.3, 0.4) is 0 Å². The van der Waals surface area contributed by atoms with Gasteiger partial charge < -0.3 is 14.7 Å². The molecule has 0 aliphatic carbocycles. The zero-order chi connectivity index (χ0) is 33.3. The van der Waals surface area contributed by atoms with E-state index in [4.69, 9.17) is 10.2 Å². The number of hydrogen-bond donors (Lipinski definition) is 2. The number of rotatable bonds is 24. The predicted molar refractivity (Wildman–Crippen MR) is 188 cm³/mol. The lowest BCUT2D eigenvalue weighted by Gasteiger charge is -2.39. The second-order valence-corrected chi connectivity index (χ2v) is 13.9. The maximum absolute atomic E-state index is 12.2. The predicted octanol–water partition coefficient (Wildman–Crippen LogP) is 10.4. The second-order valence-electron chi connectivity index (χ2n) is 12.4. The van der Waals surface area contributed by atoms with Gasteiger partial charge in [-0.1, -0.05) is 79.1 Å². The minimum absolute atomic E-state index is 0.118. The standard InChI is InChI=1S/C24H52N.C14H10O5S/c1-5-9-13-17-21-25(22-18-14-10-6-2,23-19-15-11-7-3)24-20-16-12-8-4;15-13(16)9-1-5-11(6-2-9)20(19)12-7-3-10(4-8-12)14(17)18/h5-24H2,1-4H3;1-8H,(H,15,16)(H,17,18)/q+1;. The van der Waals surface area contributed by atoms with Crippen LogP contribution in [0.4, 0.5) is 0 Å². The lowest BCUT2D eigenvalue weighted by Crippen LogP contribution is -2.50. The monoisotopic (exact) mass is 644 g/mol. The van der Waals surface area contributed by atoms with E-state index in [1.54, 1.807) is 0 Å². The molecule has 6 nitrogen and oxygen atoms in total. The van der Waals surface area contributed by atoms with Crippen LogP contribution in [0.2, 0.25) is 0 Å². The molecule has 0 aliphatic rings. The lowest BCUT2D eigenvalue weighted by atomic mass is 10.1. The molecule has 0 fully saturated rings. The van der Waals surface area contributed by atoms with E-state index in [1.807, 2.05) is 0 Å². The number of carbonyl (C=O) groups is 2. The van der Waals surface area contributed by atoms with Gasteiger partial charge in [-0.15, -0.1) is 0 Å². The summed E-state index contributed by atoms with van der Waals surface area (Å²) in [6.07, 6.45) is 22.8. The van der Waals surface area contributed by atoms with Crippen molar-refractivity contribution in [2.24, 2.45) is 0 Å². The Morgan fingerprint density at radius 3 is 0.978 bits per heavy atom. The average Bonchev–Trinajstić information content (AvgIpc) is 3.05. The molecular formula is C38H62NO5S+. The lowest BCUT2D eigenvalue weighted by molar-refractivity contribution is -0.929. The van der Waals surface area contributed by atoms with E-state index in [9.17, 15) is 13.8 Å². The van der Waals surface area contributed by atoms with Gasteiger partial charge >= 0.3 is 11.9 Å². The second kappa shape index (κ2) is 24.7. The van der Waals surface area contributed by atoms with Gasteiger partial charge in [0, 0.05) is 9.79 Å². The number of carboxylic acids is 2. The van der Waals surface area contributed by atoms with Gasteiger partial charge in [-0.25, -0.2) is 13.8 Å². The van der Waals surface area contributed by atoms with Crippen molar-refractivity contribution in [1.82, 2.24) is 0 Å². The summed E-state index contributed by atoms with van der Waals surface area (Å²) in [6.45, 7) is 15.2. The Balaban J connectivity index is 0.000000459.